The van der Waals surface area contributed by atoms with Crippen molar-refractivity contribution in [2.45, 2.75) is 24.4 Å². The first-order valence-corrected chi connectivity index (χ1v) is 14.5. The second-order valence-corrected chi connectivity index (χ2v) is 11.4. The monoisotopic (exact) mass is 546 g/mol. The molecule has 40 heavy (non-hydrogen) atoms. The van der Waals surface area contributed by atoms with E-state index in [0.717, 1.165) is 22.3 Å². The van der Waals surface area contributed by atoms with Gasteiger partial charge in [-0.3, -0.25) is 9.10 Å². The third-order valence-electron chi connectivity index (χ3n) is 6.74. The quantitative estimate of drug-likeness (QED) is 0.218. The van der Waals surface area contributed by atoms with Gasteiger partial charge in [0.05, 0.1) is 23.2 Å². The molecule has 5 rings (SSSR count). The number of carbonyl (C=O) groups excluding carboxylic acids is 1. The number of nitrogens with zero attached hydrogens (tertiary/aromatic N) is 1. The molecule has 0 fully saturated rings. The highest BCUT2D eigenvalue weighted by Crippen LogP contribution is 2.27. The molecular weight excluding hydrogens is 516 g/mol. The summed E-state index contributed by atoms with van der Waals surface area (Å²) in [4.78, 5) is 13.6. The average molecular weight is 547 g/mol. The molecule has 6 heteroatoms. The fourth-order valence-electron chi connectivity index (χ4n) is 4.53. The molecule has 1 N–H and O–H groups in total. The molecule has 5 aromatic carbocycles. The van der Waals surface area contributed by atoms with Crippen molar-refractivity contribution in [2.24, 2.45) is 0 Å². The molecule has 0 unspecified atom stereocenters. The van der Waals surface area contributed by atoms with Gasteiger partial charge in [0.1, 0.15) is 0 Å². The van der Waals surface area contributed by atoms with E-state index in [2.05, 4.69) is 5.32 Å². The number of amides is 1. The summed E-state index contributed by atoms with van der Waals surface area (Å²) in [6.07, 6.45) is 0. The lowest BCUT2D eigenvalue weighted by Gasteiger charge is -2.25. The highest BCUT2D eigenvalue weighted by atomic mass is 32.2. The van der Waals surface area contributed by atoms with Crippen LogP contribution in [-0.2, 0) is 16.6 Å². The summed E-state index contributed by atoms with van der Waals surface area (Å²) in [7, 11) is -3.81. The molecule has 5 aromatic rings. The number of rotatable bonds is 9. The molecule has 0 bridgehead atoms. The molecule has 0 aliphatic rings. The lowest BCUT2D eigenvalue weighted by atomic mass is 9.97. The Morgan fingerprint density at radius 2 is 1.20 bits per heavy atom. The summed E-state index contributed by atoms with van der Waals surface area (Å²) in [5, 5.41) is 3.17. The lowest BCUT2D eigenvalue weighted by Crippen LogP contribution is -2.31. The molecule has 0 saturated heterocycles. The van der Waals surface area contributed by atoms with Crippen LogP contribution in [0.4, 0.5) is 5.69 Å². The summed E-state index contributed by atoms with van der Waals surface area (Å²) < 4.78 is 28.6. The van der Waals surface area contributed by atoms with Crippen molar-refractivity contribution in [2.75, 3.05) is 4.31 Å². The molecule has 0 aliphatic heterocycles. The minimum atomic E-state index is -3.81. The standard InChI is InChI=1S/C34H30N2O3S/c1-26-17-21-29(22-18-26)33(28-11-5-2-6-12-28)35-34(37)30-23-19-27(20-24-30)25-36(31-13-7-3-8-14-31)40(38,39)32-15-9-4-10-16-32/h2-24,33H,25H2,1H3,(H,35,37)/t33-/m0/s1. The Kier molecular flexibility index (Phi) is 8.08. The van der Waals surface area contributed by atoms with Gasteiger partial charge in [0.2, 0.25) is 0 Å². The van der Waals surface area contributed by atoms with E-state index in [0.29, 0.717) is 11.3 Å². The van der Waals surface area contributed by atoms with E-state index in [1.165, 1.54) is 4.31 Å². The molecule has 0 radical (unpaired) electrons. The van der Waals surface area contributed by atoms with Crippen molar-refractivity contribution in [1.82, 2.24) is 5.32 Å². The van der Waals surface area contributed by atoms with Crippen molar-refractivity contribution >= 4 is 21.6 Å². The van der Waals surface area contributed by atoms with Gasteiger partial charge in [-0.15, -0.1) is 0 Å². The summed E-state index contributed by atoms with van der Waals surface area (Å²) in [6, 6.07) is 42.2. The van der Waals surface area contributed by atoms with Crippen LogP contribution in [0.3, 0.4) is 0 Å². The van der Waals surface area contributed by atoms with Crippen molar-refractivity contribution in [1.29, 1.82) is 0 Å². The van der Waals surface area contributed by atoms with E-state index in [-0.39, 0.29) is 23.4 Å². The van der Waals surface area contributed by atoms with E-state index in [4.69, 9.17) is 0 Å². The summed E-state index contributed by atoms with van der Waals surface area (Å²) in [5.41, 5.74) is 4.95. The lowest BCUT2D eigenvalue weighted by molar-refractivity contribution is 0.0943. The van der Waals surface area contributed by atoms with Gasteiger partial charge in [-0.2, -0.15) is 0 Å². The average Bonchev–Trinajstić information content (AvgIpc) is 3.00. The highest BCUT2D eigenvalue weighted by molar-refractivity contribution is 7.92. The van der Waals surface area contributed by atoms with Gasteiger partial charge in [-0.05, 0) is 60.0 Å². The van der Waals surface area contributed by atoms with E-state index in [9.17, 15) is 13.2 Å². The fraction of sp³-hybridized carbons (Fsp3) is 0.0882. The second kappa shape index (κ2) is 12.0. The predicted molar refractivity (Wildman–Crippen MR) is 160 cm³/mol. The maximum Gasteiger partial charge on any atom is 0.264 e. The normalized spacial score (nSPS) is 11.9. The zero-order chi connectivity index (χ0) is 28.0. The Labute approximate surface area is 235 Å². The fourth-order valence-corrected chi connectivity index (χ4v) is 6.01. The van der Waals surface area contributed by atoms with Crippen LogP contribution in [0.2, 0.25) is 0 Å². The zero-order valence-electron chi connectivity index (χ0n) is 22.1. The predicted octanol–water partition coefficient (Wildman–Crippen LogP) is 6.91. The summed E-state index contributed by atoms with van der Waals surface area (Å²) in [5.74, 6) is -0.210. The van der Waals surface area contributed by atoms with Crippen LogP contribution >= 0.6 is 0 Å². The smallest absolute Gasteiger partial charge is 0.264 e. The molecule has 1 atom stereocenters. The van der Waals surface area contributed by atoms with Crippen molar-refractivity contribution in [3.8, 4) is 0 Å². The van der Waals surface area contributed by atoms with Crippen LogP contribution in [0.25, 0.3) is 0 Å². The number of para-hydroxylation sites is 1. The van der Waals surface area contributed by atoms with Crippen molar-refractivity contribution in [3.05, 3.63) is 167 Å². The number of nitrogens with one attached hydrogen (secondary N) is 1. The van der Waals surface area contributed by atoms with Gasteiger partial charge >= 0.3 is 0 Å². The molecule has 0 spiro atoms. The minimum Gasteiger partial charge on any atom is -0.341 e. The Hall–Kier alpha value is -4.68. The topological polar surface area (TPSA) is 66.5 Å². The SMILES string of the molecule is Cc1ccc([C@@H](NC(=O)c2ccc(CN(c3ccccc3)S(=O)(=O)c3ccccc3)cc2)c2ccccc2)cc1. The first kappa shape index (κ1) is 26.9. The van der Waals surface area contributed by atoms with Crippen LogP contribution < -0.4 is 9.62 Å². The second-order valence-electron chi connectivity index (χ2n) is 9.59. The Bertz CT molecular complexity index is 1660. The Balaban J connectivity index is 1.39. The first-order valence-electron chi connectivity index (χ1n) is 13.1. The molecule has 0 aromatic heterocycles. The van der Waals surface area contributed by atoms with Gasteiger partial charge in [0.25, 0.3) is 15.9 Å². The number of aryl methyl sites for hydroxylation is 1. The number of anilines is 1. The van der Waals surface area contributed by atoms with E-state index in [1.807, 2.05) is 79.7 Å². The first-order chi connectivity index (χ1) is 19.4. The molecule has 0 saturated carbocycles. The van der Waals surface area contributed by atoms with Crippen LogP contribution in [0, 0.1) is 6.92 Å². The highest BCUT2D eigenvalue weighted by Gasteiger charge is 2.25. The number of hydrogen-bond donors (Lipinski definition) is 1. The van der Waals surface area contributed by atoms with Crippen molar-refractivity contribution in [3.63, 3.8) is 0 Å². The maximum absolute atomic E-state index is 13.6. The number of sulfonamides is 1. The number of carbonyl (C=O) groups is 1. The van der Waals surface area contributed by atoms with E-state index in [1.54, 1.807) is 66.7 Å². The maximum atomic E-state index is 13.6. The summed E-state index contributed by atoms with van der Waals surface area (Å²) >= 11 is 0. The number of benzene rings is 5. The Morgan fingerprint density at radius 3 is 1.80 bits per heavy atom. The van der Waals surface area contributed by atoms with Crippen LogP contribution in [0.15, 0.2) is 144 Å². The molecule has 0 aliphatic carbocycles. The van der Waals surface area contributed by atoms with E-state index >= 15 is 0 Å². The molecular formula is C34H30N2O3S. The zero-order valence-corrected chi connectivity index (χ0v) is 23.0. The van der Waals surface area contributed by atoms with Crippen LogP contribution in [0.5, 0.6) is 0 Å². The third-order valence-corrected chi connectivity index (χ3v) is 8.52. The van der Waals surface area contributed by atoms with Crippen molar-refractivity contribution < 1.29 is 13.2 Å². The molecule has 0 heterocycles. The molecule has 5 nitrogen and oxygen atoms in total. The van der Waals surface area contributed by atoms with Gasteiger partial charge in [0, 0.05) is 5.56 Å². The van der Waals surface area contributed by atoms with Gasteiger partial charge in [-0.1, -0.05) is 109 Å². The van der Waals surface area contributed by atoms with Crippen LogP contribution in [0.1, 0.15) is 38.7 Å². The third kappa shape index (κ3) is 6.14. The molecule has 200 valence electrons. The van der Waals surface area contributed by atoms with Gasteiger partial charge < -0.3 is 5.32 Å². The molecule has 1 amide bonds. The van der Waals surface area contributed by atoms with Gasteiger partial charge in [0.15, 0.2) is 0 Å². The van der Waals surface area contributed by atoms with Crippen LogP contribution in [-0.4, -0.2) is 14.3 Å². The summed E-state index contributed by atoms with van der Waals surface area (Å²) in [6.45, 7) is 2.16. The minimum absolute atomic E-state index is 0.124. The number of hydrogen-bond acceptors (Lipinski definition) is 3. The largest absolute Gasteiger partial charge is 0.341 e. The van der Waals surface area contributed by atoms with Gasteiger partial charge in [-0.25, -0.2) is 8.42 Å². The Morgan fingerprint density at radius 1 is 0.675 bits per heavy atom. The van der Waals surface area contributed by atoms with E-state index < -0.39 is 10.0 Å².